The van der Waals surface area contributed by atoms with Crippen LogP contribution in [-0.2, 0) is 6.54 Å². The molecule has 1 aliphatic heterocycles. The average molecular weight is 502 g/mol. The largest absolute Gasteiger partial charge is 0.357 e. The molecule has 1 fully saturated rings. The molecule has 2 rings (SSSR count). The molecule has 1 saturated heterocycles. The van der Waals surface area contributed by atoms with Crippen molar-refractivity contribution >= 4 is 29.9 Å². The predicted molar refractivity (Wildman–Crippen MR) is 132 cm³/mol. The summed E-state index contributed by atoms with van der Waals surface area (Å²) in [5.74, 6) is 1.57. The Morgan fingerprint density at radius 3 is 2.29 bits per heavy atom. The Balaban J connectivity index is 0.00000392. The molecule has 0 bridgehead atoms. The van der Waals surface area contributed by atoms with Gasteiger partial charge in [0, 0.05) is 59.4 Å². The van der Waals surface area contributed by atoms with Gasteiger partial charge in [0.05, 0.1) is 0 Å². The number of hydrogen-bond donors (Lipinski definition) is 1. The summed E-state index contributed by atoms with van der Waals surface area (Å²) in [6, 6.07) is 8.75. The van der Waals surface area contributed by atoms with Gasteiger partial charge in [0.1, 0.15) is 0 Å². The summed E-state index contributed by atoms with van der Waals surface area (Å²) < 4.78 is 0. The minimum atomic E-state index is 0. The van der Waals surface area contributed by atoms with Crippen LogP contribution in [0, 0.1) is 12.8 Å². The number of guanidine groups is 1. The zero-order valence-electron chi connectivity index (χ0n) is 18.4. The summed E-state index contributed by atoms with van der Waals surface area (Å²) in [7, 11) is 2.12. The molecule has 5 nitrogen and oxygen atoms in total. The minimum Gasteiger partial charge on any atom is -0.357 e. The first-order chi connectivity index (χ1) is 13.0. The molecule has 1 N–H and O–H groups in total. The van der Waals surface area contributed by atoms with Gasteiger partial charge >= 0.3 is 0 Å². The van der Waals surface area contributed by atoms with Crippen molar-refractivity contribution in [2.24, 2.45) is 10.9 Å². The van der Waals surface area contributed by atoms with E-state index in [1.54, 1.807) is 0 Å². The van der Waals surface area contributed by atoms with Gasteiger partial charge in [0.15, 0.2) is 5.96 Å². The van der Waals surface area contributed by atoms with E-state index in [0.29, 0.717) is 5.92 Å². The van der Waals surface area contributed by atoms with Crippen LogP contribution in [0.1, 0.15) is 31.9 Å². The lowest BCUT2D eigenvalue weighted by atomic mass is 10.1. The number of nitrogens with one attached hydrogen (secondary N) is 1. The lowest BCUT2D eigenvalue weighted by Crippen LogP contribution is -2.47. The molecule has 0 aromatic heterocycles. The Morgan fingerprint density at radius 1 is 1.11 bits per heavy atom. The maximum Gasteiger partial charge on any atom is 0.193 e. The Bertz CT molecular complexity index is 567. The van der Waals surface area contributed by atoms with Crippen LogP contribution < -0.4 is 5.32 Å². The normalized spacial score (nSPS) is 17.1. The highest BCUT2D eigenvalue weighted by molar-refractivity contribution is 14.0. The summed E-state index contributed by atoms with van der Waals surface area (Å²) in [4.78, 5) is 12.3. The van der Waals surface area contributed by atoms with Gasteiger partial charge in [0.2, 0.25) is 0 Å². The van der Waals surface area contributed by atoms with Crippen LogP contribution in [0.2, 0.25) is 0 Å². The van der Waals surface area contributed by atoms with Crippen molar-refractivity contribution in [1.29, 1.82) is 0 Å². The highest BCUT2D eigenvalue weighted by Crippen LogP contribution is 2.08. The van der Waals surface area contributed by atoms with Crippen LogP contribution >= 0.6 is 24.0 Å². The second-order valence-corrected chi connectivity index (χ2v) is 7.88. The monoisotopic (exact) mass is 501 g/mol. The third-order valence-corrected chi connectivity index (χ3v) is 5.27. The number of aliphatic imine (C=N–C) groups is 1. The number of rotatable bonds is 8. The maximum absolute atomic E-state index is 4.92. The van der Waals surface area contributed by atoms with E-state index in [4.69, 9.17) is 4.99 Å². The van der Waals surface area contributed by atoms with Crippen LogP contribution in [0.25, 0.3) is 0 Å². The third-order valence-electron chi connectivity index (χ3n) is 5.27. The van der Waals surface area contributed by atoms with E-state index in [9.17, 15) is 0 Å². The van der Waals surface area contributed by atoms with Crippen molar-refractivity contribution in [2.75, 3.05) is 59.4 Å². The second kappa shape index (κ2) is 13.4. The Morgan fingerprint density at radius 2 is 1.71 bits per heavy atom. The van der Waals surface area contributed by atoms with Crippen molar-refractivity contribution in [3.05, 3.63) is 35.4 Å². The van der Waals surface area contributed by atoms with E-state index in [0.717, 1.165) is 32.1 Å². The first-order valence-electron chi connectivity index (χ1n) is 10.5. The van der Waals surface area contributed by atoms with E-state index in [-0.39, 0.29) is 24.0 Å². The molecule has 0 radical (unpaired) electrons. The zero-order chi connectivity index (χ0) is 19.6. The molecule has 0 saturated carbocycles. The molecule has 160 valence electrons. The van der Waals surface area contributed by atoms with Crippen molar-refractivity contribution in [1.82, 2.24) is 20.0 Å². The Labute approximate surface area is 189 Å². The summed E-state index contributed by atoms with van der Waals surface area (Å²) in [6.45, 7) is 18.6. The molecule has 6 heteroatoms. The Hall–Kier alpha value is -0.860. The van der Waals surface area contributed by atoms with Crippen LogP contribution in [0.15, 0.2) is 29.3 Å². The van der Waals surface area contributed by atoms with E-state index in [1.165, 1.54) is 43.9 Å². The fraction of sp³-hybridized carbons (Fsp3) is 0.682. The molecular formula is C22H40IN5. The van der Waals surface area contributed by atoms with Gasteiger partial charge in [-0.1, -0.05) is 43.7 Å². The molecule has 1 heterocycles. The summed E-state index contributed by atoms with van der Waals surface area (Å²) in [6.07, 6.45) is 0. The number of likely N-dealkylation sites (N-methyl/N-ethyl adjacent to an activating group) is 1. The molecule has 1 aromatic carbocycles. The fourth-order valence-electron chi connectivity index (χ4n) is 3.54. The lowest BCUT2D eigenvalue weighted by molar-refractivity contribution is 0.125. The SMILES string of the molecule is CCNC(=NCC(C)CN1CCN(CC)CC1)N(C)Cc1ccc(C)cc1.I. The first-order valence-corrected chi connectivity index (χ1v) is 10.5. The number of piperazine rings is 1. The summed E-state index contributed by atoms with van der Waals surface area (Å²) in [5.41, 5.74) is 2.62. The number of halogens is 1. The third kappa shape index (κ3) is 8.66. The fourth-order valence-corrected chi connectivity index (χ4v) is 3.54. The topological polar surface area (TPSA) is 34.1 Å². The van der Waals surface area contributed by atoms with Gasteiger partial charge in [-0.3, -0.25) is 4.99 Å². The first kappa shape index (κ1) is 25.2. The predicted octanol–water partition coefficient (Wildman–Crippen LogP) is 3.28. The minimum absolute atomic E-state index is 0. The van der Waals surface area contributed by atoms with E-state index in [2.05, 4.69) is 79.0 Å². The van der Waals surface area contributed by atoms with E-state index >= 15 is 0 Å². The highest BCUT2D eigenvalue weighted by Gasteiger charge is 2.17. The van der Waals surface area contributed by atoms with Gasteiger partial charge in [-0.05, 0) is 31.9 Å². The van der Waals surface area contributed by atoms with Crippen LogP contribution in [-0.4, -0.2) is 80.1 Å². The second-order valence-electron chi connectivity index (χ2n) is 7.88. The quantitative estimate of drug-likeness (QED) is 0.337. The van der Waals surface area contributed by atoms with Gasteiger partial charge < -0.3 is 20.0 Å². The summed E-state index contributed by atoms with van der Waals surface area (Å²) in [5, 5.41) is 3.44. The number of hydrogen-bond acceptors (Lipinski definition) is 3. The average Bonchev–Trinajstić information content (AvgIpc) is 2.67. The van der Waals surface area contributed by atoms with E-state index in [1.807, 2.05) is 0 Å². The van der Waals surface area contributed by atoms with Gasteiger partial charge in [-0.2, -0.15) is 0 Å². The lowest BCUT2D eigenvalue weighted by Gasteiger charge is -2.35. The molecule has 1 unspecified atom stereocenters. The van der Waals surface area contributed by atoms with E-state index < -0.39 is 0 Å². The standard InChI is InChI=1S/C22H39N5.HI/c1-6-23-22(25(5)18-21-10-8-19(3)9-11-21)24-16-20(4)17-27-14-12-26(7-2)13-15-27;/h8-11,20H,6-7,12-18H2,1-5H3,(H,23,24);1H. The molecule has 1 aliphatic rings. The maximum atomic E-state index is 4.92. The zero-order valence-corrected chi connectivity index (χ0v) is 20.8. The van der Waals surface area contributed by atoms with Gasteiger partial charge in [-0.25, -0.2) is 0 Å². The Kier molecular flexibility index (Phi) is 12.0. The molecule has 0 aliphatic carbocycles. The number of aryl methyl sites for hydroxylation is 1. The van der Waals surface area contributed by atoms with Crippen molar-refractivity contribution in [3.63, 3.8) is 0 Å². The van der Waals surface area contributed by atoms with Crippen LogP contribution in [0.4, 0.5) is 0 Å². The van der Waals surface area contributed by atoms with Crippen LogP contribution in [0.5, 0.6) is 0 Å². The smallest absolute Gasteiger partial charge is 0.193 e. The molecule has 1 aromatic rings. The van der Waals surface area contributed by atoms with Crippen molar-refractivity contribution < 1.29 is 0 Å². The molecule has 28 heavy (non-hydrogen) atoms. The van der Waals surface area contributed by atoms with Crippen LogP contribution in [0.3, 0.4) is 0 Å². The molecule has 0 spiro atoms. The van der Waals surface area contributed by atoms with Gasteiger partial charge in [0.25, 0.3) is 0 Å². The van der Waals surface area contributed by atoms with Gasteiger partial charge in [-0.15, -0.1) is 24.0 Å². The molecule has 0 amide bonds. The molecule has 1 atom stereocenters. The highest BCUT2D eigenvalue weighted by atomic mass is 127. The van der Waals surface area contributed by atoms with Crippen molar-refractivity contribution in [3.8, 4) is 0 Å². The number of benzene rings is 1. The number of nitrogens with zero attached hydrogens (tertiary/aromatic N) is 4. The summed E-state index contributed by atoms with van der Waals surface area (Å²) >= 11 is 0. The molecular weight excluding hydrogens is 461 g/mol. The van der Waals surface area contributed by atoms with Crippen molar-refractivity contribution in [2.45, 2.75) is 34.2 Å².